The van der Waals surface area contributed by atoms with Gasteiger partial charge in [0.25, 0.3) is 5.56 Å². The number of H-pyrrole nitrogens is 1. The highest BCUT2D eigenvalue weighted by Gasteiger charge is 2.21. The lowest BCUT2D eigenvalue weighted by Gasteiger charge is -2.19. The minimum atomic E-state index is -0.163. The Kier molecular flexibility index (Phi) is 4.61. The first-order chi connectivity index (χ1) is 7.91. The highest BCUT2D eigenvalue weighted by molar-refractivity contribution is 5.18. The zero-order valence-electron chi connectivity index (χ0n) is 11.9. The fourth-order valence-electron chi connectivity index (χ4n) is 2.06. The Morgan fingerprint density at radius 2 is 1.76 bits per heavy atom. The van der Waals surface area contributed by atoms with Gasteiger partial charge in [-0.3, -0.25) is 9.89 Å². The molecule has 3 heteroatoms. The standard InChI is InChI=1S/C14H26N2O/c1-6-8-10-11-12(9-7-2)15-16(13(11)17)14(3,4)5/h15H,6-10H2,1-5H3. The van der Waals surface area contributed by atoms with E-state index in [0.29, 0.717) is 0 Å². The molecule has 0 radical (unpaired) electrons. The topological polar surface area (TPSA) is 37.8 Å². The molecular formula is C14H26N2O. The summed E-state index contributed by atoms with van der Waals surface area (Å²) in [5.74, 6) is 0. The van der Waals surface area contributed by atoms with Crippen molar-refractivity contribution >= 4 is 0 Å². The highest BCUT2D eigenvalue weighted by atomic mass is 16.1. The van der Waals surface area contributed by atoms with Crippen LogP contribution in [-0.4, -0.2) is 9.78 Å². The van der Waals surface area contributed by atoms with Crippen molar-refractivity contribution in [3.8, 4) is 0 Å². The maximum absolute atomic E-state index is 12.3. The summed E-state index contributed by atoms with van der Waals surface area (Å²) in [6.07, 6.45) is 5.17. The molecule has 0 amide bonds. The third-order valence-corrected chi connectivity index (χ3v) is 3.02. The van der Waals surface area contributed by atoms with E-state index in [9.17, 15) is 4.79 Å². The summed E-state index contributed by atoms with van der Waals surface area (Å²) >= 11 is 0. The van der Waals surface area contributed by atoms with E-state index in [0.717, 1.165) is 43.4 Å². The van der Waals surface area contributed by atoms with Gasteiger partial charge in [0.1, 0.15) is 0 Å². The molecule has 3 nitrogen and oxygen atoms in total. The molecule has 0 unspecified atom stereocenters. The van der Waals surface area contributed by atoms with Crippen LogP contribution in [0.25, 0.3) is 0 Å². The first kappa shape index (κ1) is 14.1. The molecular weight excluding hydrogens is 212 g/mol. The van der Waals surface area contributed by atoms with Crippen LogP contribution in [0.15, 0.2) is 4.79 Å². The van der Waals surface area contributed by atoms with Crippen LogP contribution >= 0.6 is 0 Å². The van der Waals surface area contributed by atoms with Crippen LogP contribution < -0.4 is 5.56 Å². The van der Waals surface area contributed by atoms with Crippen molar-refractivity contribution in [3.05, 3.63) is 21.6 Å². The second-order valence-corrected chi connectivity index (χ2v) is 5.73. The van der Waals surface area contributed by atoms with E-state index in [-0.39, 0.29) is 11.1 Å². The van der Waals surface area contributed by atoms with Crippen LogP contribution in [0, 0.1) is 0 Å². The Hall–Kier alpha value is -0.990. The van der Waals surface area contributed by atoms with E-state index in [1.807, 2.05) is 0 Å². The molecule has 0 aliphatic rings. The molecule has 1 aromatic rings. The molecule has 0 aliphatic heterocycles. The predicted molar refractivity (Wildman–Crippen MR) is 72.7 cm³/mol. The Labute approximate surface area is 104 Å². The van der Waals surface area contributed by atoms with Gasteiger partial charge in [-0.15, -0.1) is 0 Å². The summed E-state index contributed by atoms with van der Waals surface area (Å²) in [5, 5.41) is 3.30. The van der Waals surface area contributed by atoms with Gasteiger partial charge in [0, 0.05) is 11.3 Å². The van der Waals surface area contributed by atoms with Crippen LogP contribution in [0.3, 0.4) is 0 Å². The van der Waals surface area contributed by atoms with Crippen molar-refractivity contribution in [2.75, 3.05) is 0 Å². The van der Waals surface area contributed by atoms with Crippen LogP contribution in [-0.2, 0) is 18.4 Å². The number of unbranched alkanes of at least 4 members (excludes halogenated alkanes) is 1. The summed E-state index contributed by atoms with van der Waals surface area (Å²) in [6.45, 7) is 10.5. The summed E-state index contributed by atoms with van der Waals surface area (Å²) < 4.78 is 1.78. The molecule has 0 aromatic carbocycles. The monoisotopic (exact) mass is 238 g/mol. The minimum absolute atomic E-state index is 0.163. The first-order valence-electron chi connectivity index (χ1n) is 6.75. The van der Waals surface area contributed by atoms with Crippen LogP contribution in [0.1, 0.15) is 65.1 Å². The molecule has 0 fully saturated rings. The quantitative estimate of drug-likeness (QED) is 0.840. The van der Waals surface area contributed by atoms with Gasteiger partial charge in [0.15, 0.2) is 0 Å². The number of hydrogen-bond donors (Lipinski definition) is 1. The van der Waals surface area contributed by atoms with Crippen molar-refractivity contribution in [1.29, 1.82) is 0 Å². The maximum Gasteiger partial charge on any atom is 0.270 e. The largest absolute Gasteiger partial charge is 0.299 e. The fourth-order valence-corrected chi connectivity index (χ4v) is 2.06. The second kappa shape index (κ2) is 5.56. The van der Waals surface area contributed by atoms with E-state index < -0.39 is 0 Å². The van der Waals surface area contributed by atoms with Gasteiger partial charge in [0.2, 0.25) is 0 Å². The minimum Gasteiger partial charge on any atom is -0.299 e. The number of nitrogens with one attached hydrogen (secondary N) is 1. The zero-order valence-corrected chi connectivity index (χ0v) is 11.9. The van der Waals surface area contributed by atoms with Gasteiger partial charge >= 0.3 is 0 Å². The lowest BCUT2D eigenvalue weighted by Crippen LogP contribution is -2.33. The molecule has 1 heterocycles. The van der Waals surface area contributed by atoms with E-state index in [4.69, 9.17) is 0 Å². The Morgan fingerprint density at radius 3 is 2.24 bits per heavy atom. The Morgan fingerprint density at radius 1 is 1.12 bits per heavy atom. The lowest BCUT2D eigenvalue weighted by molar-refractivity contribution is 0.343. The molecule has 1 aromatic heterocycles. The molecule has 1 N–H and O–H groups in total. The van der Waals surface area contributed by atoms with Crippen LogP contribution in [0.4, 0.5) is 0 Å². The molecule has 0 saturated heterocycles. The van der Waals surface area contributed by atoms with E-state index in [1.54, 1.807) is 4.68 Å². The van der Waals surface area contributed by atoms with Crippen molar-refractivity contribution in [2.24, 2.45) is 0 Å². The predicted octanol–water partition coefficient (Wildman–Crippen LogP) is 3.23. The second-order valence-electron chi connectivity index (χ2n) is 5.73. The van der Waals surface area contributed by atoms with Gasteiger partial charge < -0.3 is 0 Å². The molecule has 0 spiro atoms. The van der Waals surface area contributed by atoms with Crippen molar-refractivity contribution < 1.29 is 0 Å². The molecule has 1 rings (SSSR count). The number of rotatable bonds is 5. The number of aryl methyl sites for hydroxylation is 1. The van der Waals surface area contributed by atoms with Gasteiger partial charge in [-0.05, 0) is 40.0 Å². The molecule has 0 atom stereocenters. The third kappa shape index (κ3) is 3.24. The van der Waals surface area contributed by atoms with E-state index in [2.05, 4.69) is 39.7 Å². The van der Waals surface area contributed by atoms with E-state index >= 15 is 0 Å². The molecule has 0 aliphatic carbocycles. The van der Waals surface area contributed by atoms with Crippen molar-refractivity contribution in [2.45, 2.75) is 72.3 Å². The molecule has 98 valence electrons. The highest BCUT2D eigenvalue weighted by Crippen LogP contribution is 2.14. The zero-order chi connectivity index (χ0) is 13.1. The number of nitrogens with zero attached hydrogens (tertiary/aromatic N) is 1. The van der Waals surface area contributed by atoms with Gasteiger partial charge in [-0.25, -0.2) is 4.68 Å². The Balaban J connectivity index is 3.16. The average molecular weight is 238 g/mol. The van der Waals surface area contributed by atoms with Crippen LogP contribution in [0.2, 0.25) is 0 Å². The first-order valence-corrected chi connectivity index (χ1v) is 6.75. The third-order valence-electron chi connectivity index (χ3n) is 3.02. The van der Waals surface area contributed by atoms with Gasteiger partial charge in [0.05, 0.1) is 5.54 Å². The molecule has 0 saturated carbocycles. The molecule has 0 bridgehead atoms. The fraction of sp³-hybridized carbons (Fsp3) is 0.786. The number of aromatic nitrogens is 2. The Bertz CT molecular complexity index is 407. The van der Waals surface area contributed by atoms with E-state index in [1.165, 1.54) is 0 Å². The van der Waals surface area contributed by atoms with Gasteiger partial charge in [-0.2, -0.15) is 0 Å². The number of aromatic amines is 1. The lowest BCUT2D eigenvalue weighted by atomic mass is 10.1. The summed E-state index contributed by atoms with van der Waals surface area (Å²) in [6, 6.07) is 0. The smallest absolute Gasteiger partial charge is 0.270 e. The van der Waals surface area contributed by atoms with Crippen molar-refractivity contribution in [1.82, 2.24) is 9.78 Å². The SMILES string of the molecule is CCCCc1c(CCC)[nH]n(C(C)(C)C)c1=O. The molecule has 17 heavy (non-hydrogen) atoms. The summed E-state index contributed by atoms with van der Waals surface area (Å²) in [7, 11) is 0. The van der Waals surface area contributed by atoms with Crippen LogP contribution in [0.5, 0.6) is 0 Å². The number of hydrogen-bond acceptors (Lipinski definition) is 1. The summed E-state index contributed by atoms with van der Waals surface area (Å²) in [4.78, 5) is 12.3. The summed E-state index contributed by atoms with van der Waals surface area (Å²) in [5.41, 5.74) is 2.16. The maximum atomic E-state index is 12.3. The van der Waals surface area contributed by atoms with Gasteiger partial charge in [-0.1, -0.05) is 26.7 Å². The van der Waals surface area contributed by atoms with Crippen molar-refractivity contribution in [3.63, 3.8) is 0 Å². The average Bonchev–Trinajstić information content (AvgIpc) is 2.53. The normalized spacial score (nSPS) is 12.1.